The maximum Gasteiger partial charge on any atom is 2.00 e. The molecule has 0 saturated carbocycles. The molecule has 0 aromatic carbocycles. The summed E-state index contributed by atoms with van der Waals surface area (Å²) in [6.45, 7) is 0. The van der Waals surface area contributed by atoms with Crippen molar-refractivity contribution in [3.8, 4) is 5.75 Å². The second-order valence-corrected chi connectivity index (χ2v) is 1.04. The topological polar surface area (TPSA) is 46.0 Å². The van der Waals surface area contributed by atoms with Gasteiger partial charge in [0.25, 0.3) is 0 Å². The van der Waals surface area contributed by atoms with Gasteiger partial charge in [0.05, 0.1) is 0 Å². The summed E-state index contributed by atoms with van der Waals surface area (Å²) < 4.78 is 0. The van der Waals surface area contributed by atoms with E-state index >= 15 is 0 Å². The molecular formula is C5H6N2OV. The first-order valence-corrected chi connectivity index (χ1v) is 1.76. The molecule has 0 spiro atoms. The molecule has 1 heterocycles. The maximum atomic E-state index is 8.49. The normalized spacial score (nSPS) is 6.67. The van der Waals surface area contributed by atoms with Crippen molar-refractivity contribution in [1.29, 1.82) is 0 Å². The monoisotopic (exact) mass is 161 g/mol. The number of nitrogens with zero attached hydrogens (tertiary/aromatic N) is 2. The molecule has 0 unspecified atom stereocenters. The van der Waals surface area contributed by atoms with Crippen LogP contribution in [-0.4, -0.2) is 15.1 Å². The minimum absolute atomic E-state index is 0. The predicted octanol–water partition coefficient (Wildman–Crippen LogP) is 0.430. The zero-order valence-electron chi connectivity index (χ0n) is 4.94. The Morgan fingerprint density at radius 3 is 2.00 bits per heavy atom. The largest absolute Gasteiger partial charge is 2.00 e. The average molecular weight is 161 g/mol. The fourth-order valence-corrected chi connectivity index (χ4v) is 0.257. The van der Waals surface area contributed by atoms with Gasteiger partial charge in [0.2, 0.25) is 0 Å². The molecule has 3 nitrogen and oxygen atoms in total. The molecule has 1 radical (unpaired) electrons. The van der Waals surface area contributed by atoms with Crippen LogP contribution in [-0.2, 0) is 18.6 Å². The molecule has 9 heavy (non-hydrogen) atoms. The Bertz CT molecular complexity index is 145. The first kappa shape index (κ1) is 11.3. The van der Waals surface area contributed by atoms with Crippen LogP contribution in [0.25, 0.3) is 0 Å². The van der Waals surface area contributed by atoms with Crippen molar-refractivity contribution in [2.24, 2.45) is 0 Å². The summed E-state index contributed by atoms with van der Waals surface area (Å²) in [6.07, 6.45) is 4.81. The van der Waals surface area contributed by atoms with Crippen LogP contribution in [0.2, 0.25) is 0 Å². The van der Waals surface area contributed by atoms with Gasteiger partial charge in [-0.05, 0) is 12.4 Å². The van der Waals surface area contributed by atoms with E-state index in [0.29, 0.717) is 0 Å². The van der Waals surface area contributed by atoms with Gasteiger partial charge in [0.15, 0.2) is 0 Å². The van der Waals surface area contributed by atoms with Crippen molar-refractivity contribution >= 4 is 0 Å². The van der Waals surface area contributed by atoms with E-state index < -0.39 is 0 Å². The summed E-state index contributed by atoms with van der Waals surface area (Å²) in [5.41, 5.74) is 0. The molecule has 0 amide bonds. The third-order valence-electron chi connectivity index (χ3n) is 0.509. The molecule has 1 N–H and O–H groups in total. The molecular weight excluding hydrogens is 155 g/mol. The molecule has 0 bridgehead atoms. The van der Waals surface area contributed by atoms with Gasteiger partial charge in [-0.25, -0.2) is 0 Å². The number of rotatable bonds is 0. The van der Waals surface area contributed by atoms with E-state index in [1.54, 1.807) is 0 Å². The van der Waals surface area contributed by atoms with Crippen LogP contribution < -0.4 is 0 Å². The standard InChI is InChI=1S/C4H3N2O.CH3.V/c7-4-1-5-3-6-2-4;;/h1-2,7H;1H3;/q2*-1;+2. The van der Waals surface area contributed by atoms with E-state index in [4.69, 9.17) is 5.11 Å². The van der Waals surface area contributed by atoms with Gasteiger partial charge >= 0.3 is 18.6 Å². The van der Waals surface area contributed by atoms with Crippen molar-refractivity contribution < 1.29 is 23.7 Å². The van der Waals surface area contributed by atoms with Crippen LogP contribution in [0.15, 0.2) is 12.4 Å². The summed E-state index contributed by atoms with van der Waals surface area (Å²) in [6, 6.07) is 0. The van der Waals surface area contributed by atoms with Crippen LogP contribution in [0.3, 0.4) is 0 Å². The second-order valence-electron chi connectivity index (χ2n) is 1.04. The van der Waals surface area contributed by atoms with Crippen molar-refractivity contribution in [2.45, 2.75) is 0 Å². The van der Waals surface area contributed by atoms with Gasteiger partial charge < -0.3 is 22.5 Å². The first-order chi connectivity index (χ1) is 3.39. The summed E-state index contributed by atoms with van der Waals surface area (Å²) in [5, 5.41) is 8.49. The Hall–Kier alpha value is -0.536. The smallest absolute Gasteiger partial charge is 0.530 e. The van der Waals surface area contributed by atoms with Gasteiger partial charge in [-0.1, -0.05) is 0 Å². The molecule has 1 aromatic rings. The second kappa shape index (κ2) is 5.60. The Balaban J connectivity index is 0. The van der Waals surface area contributed by atoms with Gasteiger partial charge in [-0.2, -0.15) is 0 Å². The van der Waals surface area contributed by atoms with E-state index in [-0.39, 0.29) is 31.7 Å². The van der Waals surface area contributed by atoms with E-state index in [2.05, 4.69) is 16.3 Å². The Morgan fingerprint density at radius 1 is 1.33 bits per heavy atom. The SMILES string of the molecule is Oc1cn[c-]nc1.[CH3-].[V+2]. The van der Waals surface area contributed by atoms with Crippen LogP contribution in [0.1, 0.15) is 0 Å². The molecule has 1 aromatic heterocycles. The zero-order valence-corrected chi connectivity index (χ0v) is 6.34. The third-order valence-corrected chi connectivity index (χ3v) is 0.509. The molecule has 0 aliphatic heterocycles. The van der Waals surface area contributed by atoms with Crippen molar-refractivity contribution in [1.82, 2.24) is 9.97 Å². The predicted molar refractivity (Wildman–Crippen MR) is 28.9 cm³/mol. The van der Waals surface area contributed by atoms with Gasteiger partial charge in [0, 0.05) is 12.1 Å². The summed E-state index contributed by atoms with van der Waals surface area (Å²) in [4.78, 5) is 6.80. The zero-order chi connectivity index (χ0) is 5.11. The van der Waals surface area contributed by atoms with Gasteiger partial charge in [-0.15, -0.1) is 0 Å². The number of aromatic nitrogens is 2. The minimum atomic E-state index is 0. The summed E-state index contributed by atoms with van der Waals surface area (Å²) in [5.74, 6) is 0.0683. The third kappa shape index (κ3) is 4.00. The number of hydrogen-bond donors (Lipinski definition) is 1. The molecule has 0 aliphatic rings. The molecule has 0 aliphatic carbocycles. The maximum absolute atomic E-state index is 8.49. The fraction of sp³-hybridized carbons (Fsp3) is 0. The van der Waals surface area contributed by atoms with Crippen LogP contribution >= 0.6 is 0 Å². The van der Waals surface area contributed by atoms with E-state index in [9.17, 15) is 0 Å². The van der Waals surface area contributed by atoms with Crippen LogP contribution in [0.5, 0.6) is 5.75 Å². The van der Waals surface area contributed by atoms with Crippen molar-refractivity contribution in [2.75, 3.05) is 0 Å². The van der Waals surface area contributed by atoms with Crippen molar-refractivity contribution in [3.05, 3.63) is 26.1 Å². The molecule has 47 valence electrons. The van der Waals surface area contributed by atoms with Crippen molar-refractivity contribution in [3.63, 3.8) is 0 Å². The molecule has 0 saturated heterocycles. The quantitative estimate of drug-likeness (QED) is 0.561. The van der Waals surface area contributed by atoms with E-state index in [0.717, 1.165) is 0 Å². The summed E-state index contributed by atoms with van der Waals surface area (Å²) >= 11 is 0. The van der Waals surface area contributed by atoms with E-state index in [1.807, 2.05) is 0 Å². The fourth-order valence-electron chi connectivity index (χ4n) is 0.257. The molecule has 0 atom stereocenters. The molecule has 4 heteroatoms. The number of aromatic hydroxyl groups is 1. The van der Waals surface area contributed by atoms with Gasteiger partial charge in [0.1, 0.15) is 0 Å². The Kier molecular flexibility index (Phi) is 7.02. The first-order valence-electron chi connectivity index (χ1n) is 1.76. The van der Waals surface area contributed by atoms with Crippen LogP contribution in [0, 0.1) is 13.8 Å². The Labute approximate surface area is 66.0 Å². The van der Waals surface area contributed by atoms with E-state index in [1.165, 1.54) is 12.4 Å². The molecule has 0 fully saturated rings. The molecule has 1 rings (SSSR count). The summed E-state index contributed by atoms with van der Waals surface area (Å²) in [7, 11) is 0. The van der Waals surface area contributed by atoms with Gasteiger partial charge in [-0.3, -0.25) is 0 Å². The number of hydrogen-bond acceptors (Lipinski definition) is 3. The minimum Gasteiger partial charge on any atom is -0.530 e. The Morgan fingerprint density at radius 2 is 1.78 bits per heavy atom. The average Bonchev–Trinajstić information content (AvgIpc) is 1.69. The van der Waals surface area contributed by atoms with Crippen LogP contribution in [0.4, 0.5) is 0 Å².